The van der Waals surface area contributed by atoms with Gasteiger partial charge < -0.3 is 5.32 Å². The normalized spacial score (nSPS) is 12.4. The Morgan fingerprint density at radius 2 is 2.06 bits per heavy atom. The summed E-state index contributed by atoms with van der Waals surface area (Å²) < 4.78 is 0. The molecule has 1 heterocycles. The van der Waals surface area contributed by atoms with Gasteiger partial charge in [-0.1, -0.05) is 24.3 Å². The number of fused-ring (bicyclic) bond motifs is 1. The van der Waals surface area contributed by atoms with E-state index in [4.69, 9.17) is 0 Å². The molecule has 0 amide bonds. The lowest BCUT2D eigenvalue weighted by Crippen LogP contribution is -2.35. The fourth-order valence-corrected chi connectivity index (χ4v) is 1.76. The highest BCUT2D eigenvalue weighted by Gasteiger charge is 2.05. The first kappa shape index (κ1) is 12.8. The van der Waals surface area contributed by atoms with Gasteiger partial charge >= 0.3 is 0 Å². The molecule has 2 rings (SSSR count). The Hall–Kier alpha value is -1.67. The summed E-state index contributed by atoms with van der Waals surface area (Å²) in [6, 6.07) is 10.4. The summed E-state index contributed by atoms with van der Waals surface area (Å²) in [4.78, 5) is 4.31. The van der Waals surface area contributed by atoms with Crippen molar-refractivity contribution in [2.45, 2.75) is 26.3 Å². The summed E-state index contributed by atoms with van der Waals surface area (Å²) in [5.74, 6) is 0. The van der Waals surface area contributed by atoms with Crippen molar-refractivity contribution in [1.82, 2.24) is 10.3 Å². The molecule has 0 unspecified atom stereocenters. The van der Waals surface area contributed by atoms with Crippen LogP contribution >= 0.6 is 0 Å². The number of pyridine rings is 1. The van der Waals surface area contributed by atoms with Gasteiger partial charge in [0.05, 0.1) is 5.52 Å². The quantitative estimate of drug-likeness (QED) is 0.886. The van der Waals surface area contributed by atoms with Crippen molar-refractivity contribution in [2.24, 2.45) is 0 Å². The van der Waals surface area contributed by atoms with Crippen LogP contribution in [0.1, 0.15) is 26.3 Å². The Balaban J connectivity index is 2.05. The van der Waals surface area contributed by atoms with Crippen molar-refractivity contribution in [2.75, 3.05) is 6.54 Å². The van der Waals surface area contributed by atoms with Gasteiger partial charge in [0.1, 0.15) is 0 Å². The highest BCUT2D eigenvalue weighted by atomic mass is 14.9. The van der Waals surface area contributed by atoms with Crippen molar-refractivity contribution in [1.29, 1.82) is 0 Å². The topological polar surface area (TPSA) is 24.9 Å². The van der Waals surface area contributed by atoms with Crippen LogP contribution in [0.25, 0.3) is 17.0 Å². The molecular weight excluding hydrogens is 220 g/mol. The predicted molar refractivity (Wildman–Crippen MR) is 78.5 cm³/mol. The molecule has 0 bridgehead atoms. The maximum atomic E-state index is 4.31. The van der Waals surface area contributed by atoms with Crippen LogP contribution in [0.2, 0.25) is 0 Å². The van der Waals surface area contributed by atoms with Crippen LogP contribution in [-0.4, -0.2) is 17.1 Å². The molecule has 0 saturated carbocycles. The molecule has 94 valence electrons. The molecule has 2 nitrogen and oxygen atoms in total. The molecule has 1 N–H and O–H groups in total. The lowest BCUT2D eigenvalue weighted by atomic mass is 10.1. The van der Waals surface area contributed by atoms with Crippen molar-refractivity contribution in [3.63, 3.8) is 0 Å². The van der Waals surface area contributed by atoms with Crippen LogP contribution in [0.3, 0.4) is 0 Å². The van der Waals surface area contributed by atoms with E-state index in [0.717, 1.165) is 12.1 Å². The van der Waals surface area contributed by atoms with E-state index in [0.29, 0.717) is 0 Å². The smallest absolute Gasteiger partial charge is 0.0702 e. The molecule has 0 radical (unpaired) electrons. The zero-order valence-corrected chi connectivity index (χ0v) is 11.3. The van der Waals surface area contributed by atoms with Gasteiger partial charge in [-0.2, -0.15) is 0 Å². The SMILES string of the molecule is CC(C)(C)NC/C=C/c1ccc2ncccc2c1. The van der Waals surface area contributed by atoms with Crippen molar-refractivity contribution < 1.29 is 0 Å². The average Bonchev–Trinajstić information content (AvgIpc) is 2.33. The van der Waals surface area contributed by atoms with Crippen LogP contribution < -0.4 is 5.32 Å². The molecule has 18 heavy (non-hydrogen) atoms. The van der Waals surface area contributed by atoms with Gasteiger partial charge in [0, 0.05) is 23.7 Å². The van der Waals surface area contributed by atoms with E-state index < -0.39 is 0 Å². The highest BCUT2D eigenvalue weighted by Crippen LogP contribution is 2.14. The average molecular weight is 240 g/mol. The van der Waals surface area contributed by atoms with E-state index in [2.05, 4.69) is 67.5 Å². The summed E-state index contributed by atoms with van der Waals surface area (Å²) in [6.07, 6.45) is 6.12. The third kappa shape index (κ3) is 3.67. The van der Waals surface area contributed by atoms with Crippen molar-refractivity contribution in [3.05, 3.63) is 48.2 Å². The van der Waals surface area contributed by atoms with Gasteiger partial charge in [-0.25, -0.2) is 0 Å². The highest BCUT2D eigenvalue weighted by molar-refractivity contribution is 5.80. The third-order valence-electron chi connectivity index (χ3n) is 2.69. The first-order chi connectivity index (χ1) is 8.54. The van der Waals surface area contributed by atoms with Crippen LogP contribution in [0.15, 0.2) is 42.6 Å². The van der Waals surface area contributed by atoms with Gasteiger partial charge in [-0.05, 0) is 44.5 Å². The largest absolute Gasteiger partial charge is 0.309 e. The summed E-state index contributed by atoms with van der Waals surface area (Å²) in [7, 11) is 0. The van der Waals surface area contributed by atoms with E-state index in [1.54, 1.807) is 0 Å². The summed E-state index contributed by atoms with van der Waals surface area (Å²) >= 11 is 0. The number of benzene rings is 1. The molecule has 1 aromatic heterocycles. The lowest BCUT2D eigenvalue weighted by Gasteiger charge is -2.18. The molecule has 0 aliphatic carbocycles. The Morgan fingerprint density at radius 1 is 1.22 bits per heavy atom. The molecule has 0 fully saturated rings. The van der Waals surface area contributed by atoms with E-state index >= 15 is 0 Å². The number of aromatic nitrogens is 1. The van der Waals surface area contributed by atoms with Gasteiger partial charge in [-0.15, -0.1) is 0 Å². The Kier molecular flexibility index (Phi) is 3.78. The van der Waals surface area contributed by atoms with Crippen molar-refractivity contribution in [3.8, 4) is 0 Å². The molecule has 0 spiro atoms. The standard InChI is InChI=1S/C16H20N2/c1-16(2,3)18-11-4-6-13-8-9-15-14(12-13)7-5-10-17-15/h4-10,12,18H,11H2,1-3H3/b6-4+. The fourth-order valence-electron chi connectivity index (χ4n) is 1.76. The van der Waals surface area contributed by atoms with Gasteiger partial charge in [-0.3, -0.25) is 4.98 Å². The second-order valence-corrected chi connectivity index (χ2v) is 5.49. The minimum atomic E-state index is 0.164. The minimum Gasteiger partial charge on any atom is -0.309 e. The Bertz CT molecular complexity index is 550. The minimum absolute atomic E-state index is 0.164. The van der Waals surface area contributed by atoms with Gasteiger partial charge in [0.25, 0.3) is 0 Å². The summed E-state index contributed by atoms with van der Waals surface area (Å²) in [6.45, 7) is 7.39. The number of hydrogen-bond donors (Lipinski definition) is 1. The molecule has 0 aliphatic heterocycles. The second-order valence-electron chi connectivity index (χ2n) is 5.49. The summed E-state index contributed by atoms with van der Waals surface area (Å²) in [5, 5.41) is 4.61. The molecule has 0 atom stereocenters. The number of nitrogens with one attached hydrogen (secondary N) is 1. The number of hydrogen-bond acceptors (Lipinski definition) is 2. The van der Waals surface area contributed by atoms with Crippen LogP contribution in [0.5, 0.6) is 0 Å². The van der Waals surface area contributed by atoms with Crippen LogP contribution in [0, 0.1) is 0 Å². The van der Waals surface area contributed by atoms with E-state index in [1.807, 2.05) is 12.3 Å². The van der Waals surface area contributed by atoms with Crippen molar-refractivity contribution >= 4 is 17.0 Å². The lowest BCUT2D eigenvalue weighted by molar-refractivity contribution is 0.450. The molecule has 1 aromatic carbocycles. The number of rotatable bonds is 3. The Morgan fingerprint density at radius 3 is 2.83 bits per heavy atom. The maximum absolute atomic E-state index is 4.31. The number of nitrogens with zero attached hydrogens (tertiary/aromatic N) is 1. The second kappa shape index (κ2) is 5.32. The van der Waals surface area contributed by atoms with E-state index in [-0.39, 0.29) is 5.54 Å². The monoisotopic (exact) mass is 240 g/mol. The fraction of sp³-hybridized carbons (Fsp3) is 0.312. The molecule has 0 saturated heterocycles. The third-order valence-corrected chi connectivity index (χ3v) is 2.69. The molecule has 0 aliphatic rings. The van der Waals surface area contributed by atoms with E-state index in [9.17, 15) is 0 Å². The predicted octanol–water partition coefficient (Wildman–Crippen LogP) is 3.64. The first-order valence-electron chi connectivity index (χ1n) is 6.31. The molecule has 2 aromatic rings. The zero-order valence-electron chi connectivity index (χ0n) is 11.3. The maximum Gasteiger partial charge on any atom is 0.0702 e. The van der Waals surface area contributed by atoms with Gasteiger partial charge in [0.2, 0.25) is 0 Å². The molecular formula is C16H20N2. The molecule has 2 heteroatoms. The summed E-state index contributed by atoms with van der Waals surface area (Å²) in [5.41, 5.74) is 2.42. The zero-order chi connectivity index (χ0) is 13.0. The first-order valence-corrected chi connectivity index (χ1v) is 6.31. The van der Waals surface area contributed by atoms with Crippen LogP contribution in [-0.2, 0) is 0 Å². The van der Waals surface area contributed by atoms with Crippen LogP contribution in [0.4, 0.5) is 0 Å². The Labute approximate surface area is 109 Å². The van der Waals surface area contributed by atoms with Gasteiger partial charge in [0.15, 0.2) is 0 Å². The van der Waals surface area contributed by atoms with E-state index in [1.165, 1.54) is 10.9 Å².